The number of thiol groups is 1. The number of alkyl carbamates (subject to hydrolysis) is 1. The van der Waals surface area contributed by atoms with Crippen molar-refractivity contribution in [2.75, 3.05) is 11.1 Å². The Kier molecular flexibility index (Phi) is 10.3. The SMILES string of the molecule is CCC(C)N(C(=O)C(CS)NC(=O)OC(C)(C)C)C(C(=O)Nc1ccc2ccccc2c1)c1cccc(C)c1C. The van der Waals surface area contributed by atoms with Crippen molar-refractivity contribution in [1.29, 1.82) is 0 Å². The first-order chi connectivity index (χ1) is 18.9. The largest absolute Gasteiger partial charge is 0.444 e. The van der Waals surface area contributed by atoms with Gasteiger partial charge in [-0.2, -0.15) is 12.6 Å². The van der Waals surface area contributed by atoms with Crippen molar-refractivity contribution in [3.8, 4) is 0 Å². The van der Waals surface area contributed by atoms with Gasteiger partial charge in [0.05, 0.1) is 0 Å². The molecule has 0 saturated heterocycles. The third-order valence-corrected chi connectivity index (χ3v) is 7.34. The van der Waals surface area contributed by atoms with E-state index < -0.39 is 29.7 Å². The summed E-state index contributed by atoms with van der Waals surface area (Å²) in [7, 11) is 0. The van der Waals surface area contributed by atoms with Crippen LogP contribution in [-0.4, -0.2) is 46.2 Å². The van der Waals surface area contributed by atoms with Crippen LogP contribution in [0.1, 0.15) is 63.8 Å². The van der Waals surface area contributed by atoms with Crippen molar-refractivity contribution in [2.45, 2.75) is 78.6 Å². The van der Waals surface area contributed by atoms with Crippen LogP contribution in [0, 0.1) is 13.8 Å². The molecule has 0 aliphatic carbocycles. The van der Waals surface area contributed by atoms with Crippen LogP contribution in [0.3, 0.4) is 0 Å². The number of nitrogens with zero attached hydrogens (tertiary/aromatic N) is 1. The molecule has 7 nitrogen and oxygen atoms in total. The molecule has 0 aliphatic rings. The molecule has 2 N–H and O–H groups in total. The van der Waals surface area contributed by atoms with Crippen LogP contribution in [-0.2, 0) is 14.3 Å². The third kappa shape index (κ3) is 7.56. The number of ether oxygens (including phenoxy) is 1. The summed E-state index contributed by atoms with van der Waals surface area (Å²) >= 11 is 4.37. The smallest absolute Gasteiger partial charge is 0.408 e. The number of fused-ring (bicyclic) bond motifs is 1. The Morgan fingerprint density at radius 1 is 0.975 bits per heavy atom. The van der Waals surface area contributed by atoms with Crippen LogP contribution in [0.4, 0.5) is 10.5 Å². The number of anilines is 1. The van der Waals surface area contributed by atoms with E-state index in [1.165, 1.54) is 0 Å². The minimum atomic E-state index is -0.992. The molecule has 0 radical (unpaired) electrons. The number of carbonyl (C=O) groups is 3. The second-order valence-electron chi connectivity index (χ2n) is 11.1. The first kappa shape index (κ1) is 31.0. The van der Waals surface area contributed by atoms with Gasteiger partial charge < -0.3 is 20.3 Å². The summed E-state index contributed by atoms with van der Waals surface area (Å²) < 4.78 is 5.39. The lowest BCUT2D eigenvalue weighted by molar-refractivity contribution is -0.143. The zero-order valence-corrected chi connectivity index (χ0v) is 25.3. The predicted octanol–water partition coefficient (Wildman–Crippen LogP) is 6.59. The van der Waals surface area contributed by atoms with Gasteiger partial charge in [0.15, 0.2) is 0 Å². The second-order valence-corrected chi connectivity index (χ2v) is 11.5. The van der Waals surface area contributed by atoms with E-state index in [9.17, 15) is 14.4 Å². The normalized spacial score (nSPS) is 13.7. The van der Waals surface area contributed by atoms with E-state index >= 15 is 0 Å². The highest BCUT2D eigenvalue weighted by Crippen LogP contribution is 2.31. The Labute approximate surface area is 243 Å². The van der Waals surface area contributed by atoms with Gasteiger partial charge in [-0.1, -0.05) is 55.5 Å². The van der Waals surface area contributed by atoms with Gasteiger partial charge in [0.2, 0.25) is 5.91 Å². The van der Waals surface area contributed by atoms with Crippen LogP contribution in [0.15, 0.2) is 60.7 Å². The number of hydrogen-bond donors (Lipinski definition) is 3. The zero-order chi connectivity index (χ0) is 29.6. The third-order valence-electron chi connectivity index (χ3n) is 6.98. The van der Waals surface area contributed by atoms with Gasteiger partial charge in [0.1, 0.15) is 17.7 Å². The molecule has 3 rings (SSSR count). The van der Waals surface area contributed by atoms with Crippen molar-refractivity contribution in [3.05, 3.63) is 77.4 Å². The van der Waals surface area contributed by atoms with E-state index in [0.717, 1.165) is 27.5 Å². The summed E-state index contributed by atoms with van der Waals surface area (Å²) in [6.07, 6.45) is -0.116. The number of hydrogen-bond acceptors (Lipinski definition) is 5. The van der Waals surface area contributed by atoms with Gasteiger partial charge in [0, 0.05) is 17.5 Å². The van der Waals surface area contributed by atoms with Crippen LogP contribution >= 0.6 is 12.6 Å². The first-order valence-electron chi connectivity index (χ1n) is 13.6. The molecule has 3 aromatic rings. The second kappa shape index (κ2) is 13.2. The van der Waals surface area contributed by atoms with Crippen molar-refractivity contribution in [1.82, 2.24) is 10.2 Å². The molecule has 0 heterocycles. The predicted molar refractivity (Wildman–Crippen MR) is 165 cm³/mol. The quantitative estimate of drug-likeness (QED) is 0.257. The molecule has 0 fully saturated rings. The standard InChI is InChI=1S/C32H41N3O4S/c1-8-21(3)35(30(37)27(19-40)34-31(38)39-32(5,6)7)28(26-15-11-12-20(2)22(26)4)29(36)33-25-17-16-23-13-9-10-14-24(23)18-25/h9-18,21,27-28,40H,8,19H2,1-7H3,(H,33,36)(H,34,38). The van der Waals surface area contributed by atoms with E-state index in [2.05, 4.69) is 23.3 Å². The van der Waals surface area contributed by atoms with Gasteiger partial charge in [-0.3, -0.25) is 9.59 Å². The molecule has 3 amide bonds. The molecule has 40 heavy (non-hydrogen) atoms. The van der Waals surface area contributed by atoms with E-state index in [-0.39, 0.29) is 17.7 Å². The molecule has 8 heteroatoms. The van der Waals surface area contributed by atoms with Gasteiger partial charge in [0.25, 0.3) is 5.91 Å². The Balaban J connectivity index is 2.06. The molecule has 0 aromatic heterocycles. The number of benzene rings is 3. The highest BCUT2D eigenvalue weighted by Gasteiger charge is 2.39. The number of rotatable bonds is 9. The van der Waals surface area contributed by atoms with Gasteiger partial charge >= 0.3 is 6.09 Å². The van der Waals surface area contributed by atoms with Crippen LogP contribution in [0.25, 0.3) is 10.8 Å². The van der Waals surface area contributed by atoms with Gasteiger partial charge in [-0.15, -0.1) is 0 Å². The molecule has 3 unspecified atom stereocenters. The van der Waals surface area contributed by atoms with Crippen molar-refractivity contribution in [3.63, 3.8) is 0 Å². The first-order valence-corrected chi connectivity index (χ1v) is 14.3. The summed E-state index contributed by atoms with van der Waals surface area (Å²) in [4.78, 5) is 42.5. The maximum absolute atomic E-state index is 14.2. The van der Waals surface area contributed by atoms with Crippen molar-refractivity contribution in [2.24, 2.45) is 0 Å². The number of aryl methyl sites for hydroxylation is 1. The van der Waals surface area contributed by atoms with Crippen molar-refractivity contribution < 1.29 is 19.1 Å². The summed E-state index contributed by atoms with van der Waals surface area (Å²) in [6, 6.07) is 17.1. The Morgan fingerprint density at radius 3 is 2.27 bits per heavy atom. The molecule has 214 valence electrons. The van der Waals surface area contributed by atoms with E-state index in [1.807, 2.05) is 88.4 Å². The molecule has 0 bridgehead atoms. The van der Waals surface area contributed by atoms with E-state index in [1.54, 1.807) is 25.7 Å². The maximum atomic E-state index is 14.2. The Morgan fingerprint density at radius 2 is 1.65 bits per heavy atom. The molecular formula is C32H41N3O4S. The fraction of sp³-hybridized carbons (Fsp3) is 0.406. The lowest BCUT2D eigenvalue weighted by atomic mass is 9.93. The van der Waals surface area contributed by atoms with Gasteiger partial charge in [-0.05, 0) is 87.6 Å². The lowest BCUT2D eigenvalue weighted by Gasteiger charge is -2.38. The Bertz CT molecular complexity index is 1370. The summed E-state index contributed by atoms with van der Waals surface area (Å²) in [5.74, 6) is -0.709. The van der Waals surface area contributed by atoms with Crippen molar-refractivity contribution >= 4 is 47.0 Å². The minimum absolute atomic E-state index is 0.0385. The van der Waals surface area contributed by atoms with Crippen LogP contribution in [0.2, 0.25) is 0 Å². The average Bonchev–Trinajstić information content (AvgIpc) is 2.90. The number of carbonyl (C=O) groups excluding carboxylic acids is 3. The molecule has 0 saturated carbocycles. The van der Waals surface area contributed by atoms with E-state index in [0.29, 0.717) is 12.1 Å². The highest BCUT2D eigenvalue weighted by atomic mass is 32.1. The molecule has 3 atom stereocenters. The van der Waals surface area contributed by atoms with Crippen LogP contribution in [0.5, 0.6) is 0 Å². The average molecular weight is 564 g/mol. The topological polar surface area (TPSA) is 87.7 Å². The summed E-state index contributed by atoms with van der Waals surface area (Å²) in [5, 5.41) is 7.78. The maximum Gasteiger partial charge on any atom is 0.408 e. The van der Waals surface area contributed by atoms with Gasteiger partial charge in [-0.25, -0.2) is 4.79 Å². The lowest BCUT2D eigenvalue weighted by Crippen LogP contribution is -2.55. The summed E-state index contributed by atoms with van der Waals surface area (Å²) in [5.41, 5.74) is 2.56. The molecule has 0 aliphatic heterocycles. The Hall–Kier alpha value is -3.52. The highest BCUT2D eigenvalue weighted by molar-refractivity contribution is 7.80. The monoisotopic (exact) mass is 563 g/mol. The molecule has 3 aromatic carbocycles. The fourth-order valence-corrected chi connectivity index (χ4v) is 4.82. The minimum Gasteiger partial charge on any atom is -0.444 e. The molecular weight excluding hydrogens is 522 g/mol. The van der Waals surface area contributed by atoms with Crippen LogP contribution < -0.4 is 10.6 Å². The number of nitrogens with one attached hydrogen (secondary N) is 2. The molecule has 0 spiro atoms. The number of amides is 3. The fourth-order valence-electron chi connectivity index (χ4n) is 4.58. The summed E-state index contributed by atoms with van der Waals surface area (Å²) in [6.45, 7) is 13.1. The van der Waals surface area contributed by atoms with E-state index in [4.69, 9.17) is 4.74 Å². The zero-order valence-electron chi connectivity index (χ0n) is 24.4.